The van der Waals surface area contributed by atoms with Gasteiger partial charge in [-0.15, -0.1) is 13.2 Å². The summed E-state index contributed by atoms with van der Waals surface area (Å²) in [5.74, 6) is 2.00. The summed E-state index contributed by atoms with van der Waals surface area (Å²) in [4.78, 5) is 14.7. The number of fused-ring (bicyclic) bond motifs is 3. The molecule has 0 aliphatic carbocycles. The molecular weight excluding hydrogens is 646 g/mol. The molecule has 3 N–H and O–H groups in total. The predicted octanol–water partition coefficient (Wildman–Crippen LogP) is 5.60. The smallest absolute Gasteiger partial charge is 0.244 e. The minimum atomic E-state index is -1.58. The molecule has 6 rings (SSSR count). The van der Waals surface area contributed by atoms with Gasteiger partial charge in [-0.1, -0.05) is 34.1 Å². The highest BCUT2D eigenvalue weighted by atomic mass is 79.9. The van der Waals surface area contributed by atoms with Gasteiger partial charge in [0.15, 0.2) is 23.0 Å². The van der Waals surface area contributed by atoms with E-state index in [0.29, 0.717) is 87.0 Å². The monoisotopic (exact) mass is 679 g/mol. The van der Waals surface area contributed by atoms with E-state index in [9.17, 15) is 15.0 Å². The Balaban J connectivity index is 1.57. The molecule has 0 unspecified atom stereocenters. The molecule has 10 nitrogen and oxygen atoms in total. The van der Waals surface area contributed by atoms with Crippen molar-refractivity contribution in [3.63, 3.8) is 0 Å². The van der Waals surface area contributed by atoms with Crippen LogP contribution in [0.2, 0.25) is 0 Å². The first kappa shape index (κ1) is 30.8. The summed E-state index contributed by atoms with van der Waals surface area (Å²) < 4.78 is 36.2. The minimum absolute atomic E-state index is 0.000641. The molecule has 11 heteroatoms. The van der Waals surface area contributed by atoms with E-state index in [1.165, 1.54) is 0 Å². The minimum Gasteiger partial charge on any atom is -0.490 e. The Labute approximate surface area is 269 Å². The largest absolute Gasteiger partial charge is 0.490 e. The van der Waals surface area contributed by atoms with Crippen LogP contribution in [0.3, 0.4) is 0 Å². The SMILES string of the molecule is C=CCC[C@@H](O)COc1cc2c(cc1C1(c3cc4c(cc3OC[C@H](O)CCC=C)OCO4)C(=O)Nc3cccc(Br)c31)OCO2. The molecule has 3 aromatic rings. The molecule has 0 spiro atoms. The molecule has 236 valence electrons. The molecule has 3 aromatic carbocycles. The summed E-state index contributed by atoms with van der Waals surface area (Å²) in [6, 6.07) is 12.3. The van der Waals surface area contributed by atoms with Crippen molar-refractivity contribution in [2.24, 2.45) is 0 Å². The average Bonchev–Trinajstić information content (AvgIpc) is 3.77. The predicted molar refractivity (Wildman–Crippen MR) is 170 cm³/mol. The normalized spacial score (nSPS) is 16.5. The third-order valence-corrected chi connectivity index (χ3v) is 8.67. The molecule has 0 saturated carbocycles. The lowest BCUT2D eigenvalue weighted by atomic mass is 9.69. The van der Waals surface area contributed by atoms with Crippen LogP contribution < -0.4 is 33.7 Å². The number of anilines is 1. The first-order chi connectivity index (χ1) is 21.9. The van der Waals surface area contributed by atoms with Crippen molar-refractivity contribution in [3.05, 3.63) is 88.9 Å². The van der Waals surface area contributed by atoms with E-state index in [4.69, 9.17) is 28.4 Å². The Morgan fingerprint density at radius 2 is 1.33 bits per heavy atom. The van der Waals surface area contributed by atoms with Crippen LogP contribution in [0, 0.1) is 0 Å². The van der Waals surface area contributed by atoms with E-state index in [1.54, 1.807) is 36.4 Å². The fourth-order valence-corrected chi connectivity index (χ4v) is 6.49. The molecule has 3 heterocycles. The number of aliphatic hydroxyl groups is 2. The second-order valence-corrected chi connectivity index (χ2v) is 11.8. The number of ether oxygens (including phenoxy) is 6. The van der Waals surface area contributed by atoms with E-state index in [0.717, 1.165) is 0 Å². The number of nitrogens with one attached hydrogen (secondary N) is 1. The number of hydrogen-bond donors (Lipinski definition) is 3. The van der Waals surface area contributed by atoms with Gasteiger partial charge in [0, 0.05) is 39.0 Å². The number of carbonyl (C=O) groups excluding carboxylic acids is 1. The van der Waals surface area contributed by atoms with E-state index in [2.05, 4.69) is 34.4 Å². The van der Waals surface area contributed by atoms with Crippen LogP contribution >= 0.6 is 15.9 Å². The topological polar surface area (TPSA) is 125 Å². The van der Waals surface area contributed by atoms with Gasteiger partial charge < -0.3 is 44.0 Å². The molecular formula is C34H34BrNO9. The maximum Gasteiger partial charge on any atom is 0.244 e. The maximum atomic E-state index is 14.7. The summed E-state index contributed by atoms with van der Waals surface area (Å²) in [6.07, 6.45) is 4.04. The van der Waals surface area contributed by atoms with E-state index in [1.807, 2.05) is 18.2 Å². The van der Waals surface area contributed by atoms with Gasteiger partial charge in [-0.3, -0.25) is 4.79 Å². The third kappa shape index (κ3) is 5.71. The fraction of sp³-hybridized carbons (Fsp3) is 0.324. The van der Waals surface area contributed by atoms with Crippen molar-refractivity contribution in [1.29, 1.82) is 0 Å². The van der Waals surface area contributed by atoms with E-state index in [-0.39, 0.29) is 32.7 Å². The van der Waals surface area contributed by atoms with Crippen LogP contribution in [-0.4, -0.2) is 55.1 Å². The summed E-state index contributed by atoms with van der Waals surface area (Å²) in [5, 5.41) is 24.4. The number of allylic oxidation sites excluding steroid dienone is 2. The highest BCUT2D eigenvalue weighted by Gasteiger charge is 2.55. The molecule has 0 radical (unpaired) electrons. The van der Waals surface area contributed by atoms with Crippen LogP contribution in [0.4, 0.5) is 5.69 Å². The molecule has 0 saturated heterocycles. The second-order valence-electron chi connectivity index (χ2n) is 10.9. The van der Waals surface area contributed by atoms with Crippen molar-refractivity contribution < 1.29 is 43.4 Å². The van der Waals surface area contributed by atoms with Crippen LogP contribution in [0.15, 0.2) is 72.2 Å². The number of amides is 1. The number of rotatable bonds is 14. The van der Waals surface area contributed by atoms with Crippen LogP contribution in [0.1, 0.15) is 42.4 Å². The molecule has 45 heavy (non-hydrogen) atoms. The Kier molecular flexibility index (Phi) is 8.93. The van der Waals surface area contributed by atoms with Crippen LogP contribution in [0.25, 0.3) is 0 Å². The Morgan fingerprint density at radius 3 is 1.82 bits per heavy atom. The number of benzene rings is 3. The molecule has 0 aromatic heterocycles. The van der Waals surface area contributed by atoms with Gasteiger partial charge in [-0.25, -0.2) is 0 Å². The molecule has 3 aliphatic heterocycles. The standard InChI is InChI=1S/C34H34BrNO9/c1-3-5-8-20(37)16-40-26-14-30-28(42-18-44-30)12-22(26)34(32-24(35)10-7-11-25(32)36-33(34)39)23-13-29-31(45-19-43-29)15-27(23)41-17-21(38)9-6-4-2/h3-4,7,10-15,20-21,37-38H,1-2,5-6,8-9,16-19H2,(H,36,39)/t20-,21-/m1/s1. The molecule has 0 bridgehead atoms. The summed E-state index contributed by atoms with van der Waals surface area (Å²) in [6.45, 7) is 7.38. The lowest BCUT2D eigenvalue weighted by Gasteiger charge is -2.33. The zero-order valence-corrected chi connectivity index (χ0v) is 26.1. The van der Waals surface area contributed by atoms with Crippen LogP contribution in [-0.2, 0) is 10.2 Å². The van der Waals surface area contributed by atoms with Crippen molar-refractivity contribution in [2.75, 3.05) is 32.1 Å². The zero-order chi connectivity index (χ0) is 31.6. The number of carbonyl (C=O) groups is 1. The number of halogens is 1. The van der Waals surface area contributed by atoms with Gasteiger partial charge in [0.1, 0.15) is 30.1 Å². The lowest BCUT2D eigenvalue weighted by molar-refractivity contribution is -0.118. The highest BCUT2D eigenvalue weighted by molar-refractivity contribution is 9.10. The van der Waals surface area contributed by atoms with Gasteiger partial charge in [0.25, 0.3) is 0 Å². The maximum absolute atomic E-state index is 14.7. The van der Waals surface area contributed by atoms with Crippen LogP contribution in [0.5, 0.6) is 34.5 Å². The Bertz CT molecular complexity index is 1540. The zero-order valence-electron chi connectivity index (χ0n) is 24.6. The third-order valence-electron chi connectivity index (χ3n) is 8.01. The van der Waals surface area contributed by atoms with Gasteiger partial charge in [-0.05, 0) is 49.9 Å². The van der Waals surface area contributed by atoms with E-state index < -0.39 is 17.6 Å². The average molecular weight is 681 g/mol. The highest BCUT2D eigenvalue weighted by Crippen LogP contribution is 2.58. The fourth-order valence-electron chi connectivity index (χ4n) is 5.83. The summed E-state index contributed by atoms with van der Waals surface area (Å²) in [7, 11) is 0. The van der Waals surface area contributed by atoms with E-state index >= 15 is 0 Å². The van der Waals surface area contributed by atoms with Gasteiger partial charge in [0.2, 0.25) is 19.5 Å². The molecule has 1 amide bonds. The van der Waals surface area contributed by atoms with Gasteiger partial charge in [0.05, 0.1) is 12.2 Å². The Morgan fingerprint density at radius 1 is 0.844 bits per heavy atom. The van der Waals surface area contributed by atoms with Crippen molar-refractivity contribution in [2.45, 2.75) is 43.3 Å². The first-order valence-corrected chi connectivity index (χ1v) is 15.5. The first-order valence-electron chi connectivity index (χ1n) is 14.7. The molecule has 3 aliphatic rings. The summed E-state index contributed by atoms with van der Waals surface area (Å²) in [5.41, 5.74) is 0.476. The van der Waals surface area contributed by atoms with Gasteiger partial charge in [-0.2, -0.15) is 0 Å². The summed E-state index contributed by atoms with van der Waals surface area (Å²) >= 11 is 3.72. The Hall–Kier alpha value is -4.19. The second kappa shape index (κ2) is 13.0. The molecule has 0 fully saturated rings. The molecule has 2 atom stereocenters. The number of aliphatic hydroxyl groups excluding tert-OH is 2. The van der Waals surface area contributed by atoms with Crippen molar-refractivity contribution in [3.8, 4) is 34.5 Å². The van der Waals surface area contributed by atoms with Crippen molar-refractivity contribution >= 4 is 27.5 Å². The quantitative estimate of drug-likeness (QED) is 0.187. The lowest BCUT2D eigenvalue weighted by Crippen LogP contribution is -2.38. The van der Waals surface area contributed by atoms with Gasteiger partial charge >= 0.3 is 0 Å². The number of hydrogen-bond acceptors (Lipinski definition) is 9. The van der Waals surface area contributed by atoms with Crippen molar-refractivity contribution in [1.82, 2.24) is 0 Å².